The Morgan fingerprint density at radius 2 is 2.00 bits per heavy atom. The van der Waals surface area contributed by atoms with Gasteiger partial charge in [0.1, 0.15) is 4.90 Å². The number of sulfonamides is 1. The van der Waals surface area contributed by atoms with Crippen molar-refractivity contribution in [1.82, 2.24) is 14.5 Å². The minimum absolute atomic E-state index is 0.404. The van der Waals surface area contributed by atoms with Crippen LogP contribution in [-0.4, -0.2) is 57.4 Å². The third kappa shape index (κ3) is 4.05. The first kappa shape index (κ1) is 17.4. The average Bonchev–Trinajstić information content (AvgIpc) is 2.82. The lowest BCUT2D eigenvalue weighted by Crippen LogP contribution is -2.48. The molecule has 0 bridgehead atoms. The van der Waals surface area contributed by atoms with Crippen molar-refractivity contribution in [1.29, 1.82) is 0 Å². The highest BCUT2D eigenvalue weighted by atomic mass is 79.9. The van der Waals surface area contributed by atoms with Crippen LogP contribution < -0.4 is 5.32 Å². The first-order valence-corrected chi connectivity index (χ1v) is 10.2. The summed E-state index contributed by atoms with van der Waals surface area (Å²) >= 11 is 4.88. The molecular formula is C13H22BrN3O2S2. The van der Waals surface area contributed by atoms with Gasteiger partial charge in [-0.1, -0.05) is 6.92 Å². The number of hydrogen-bond acceptors (Lipinski definition) is 5. The van der Waals surface area contributed by atoms with Crippen LogP contribution in [0.3, 0.4) is 0 Å². The third-order valence-corrected chi connectivity index (χ3v) is 7.70. The summed E-state index contributed by atoms with van der Waals surface area (Å²) in [7, 11) is -1.53. The van der Waals surface area contributed by atoms with E-state index in [1.807, 2.05) is 7.05 Å². The zero-order valence-electron chi connectivity index (χ0n) is 12.4. The fourth-order valence-corrected chi connectivity index (χ4v) is 6.55. The average molecular weight is 396 g/mol. The zero-order chi connectivity index (χ0) is 15.5. The van der Waals surface area contributed by atoms with E-state index in [0.717, 1.165) is 30.9 Å². The predicted molar refractivity (Wildman–Crippen MR) is 90.3 cm³/mol. The van der Waals surface area contributed by atoms with Crippen LogP contribution in [-0.2, 0) is 16.6 Å². The van der Waals surface area contributed by atoms with Crippen LogP contribution in [0.25, 0.3) is 0 Å². The number of piperazine rings is 1. The van der Waals surface area contributed by atoms with Gasteiger partial charge in [0, 0.05) is 37.6 Å². The molecule has 5 nitrogen and oxygen atoms in total. The Hall–Kier alpha value is 0.01000. The van der Waals surface area contributed by atoms with Crippen LogP contribution in [0.4, 0.5) is 0 Å². The van der Waals surface area contributed by atoms with Crippen LogP contribution >= 0.6 is 27.3 Å². The van der Waals surface area contributed by atoms with Crippen LogP contribution in [0.5, 0.6) is 0 Å². The van der Waals surface area contributed by atoms with E-state index in [4.69, 9.17) is 0 Å². The van der Waals surface area contributed by atoms with Gasteiger partial charge in [-0.15, -0.1) is 11.3 Å². The molecule has 1 aliphatic heterocycles. The van der Waals surface area contributed by atoms with Crippen molar-refractivity contribution >= 4 is 37.3 Å². The molecular weight excluding hydrogens is 374 g/mol. The van der Waals surface area contributed by atoms with E-state index in [1.165, 1.54) is 11.3 Å². The molecule has 120 valence electrons. The Kier molecular flexibility index (Phi) is 6.22. The van der Waals surface area contributed by atoms with Crippen LogP contribution in [0.15, 0.2) is 14.7 Å². The molecule has 1 aromatic heterocycles. The molecule has 2 heterocycles. The summed E-state index contributed by atoms with van der Waals surface area (Å²) in [5.41, 5.74) is 0. The number of rotatable bonds is 6. The summed E-state index contributed by atoms with van der Waals surface area (Å²) in [6, 6.07) is 1.78. The minimum atomic E-state index is -3.39. The molecule has 0 aromatic carbocycles. The molecule has 0 radical (unpaired) electrons. The van der Waals surface area contributed by atoms with E-state index in [-0.39, 0.29) is 0 Å². The van der Waals surface area contributed by atoms with Crippen LogP contribution in [0.1, 0.15) is 18.2 Å². The third-order valence-electron chi connectivity index (χ3n) is 3.55. The Morgan fingerprint density at radius 3 is 2.57 bits per heavy atom. The number of hydrogen-bond donors (Lipinski definition) is 1. The first-order valence-electron chi connectivity index (χ1n) is 7.14. The SMILES string of the molecule is CCCN1CCN(S(=O)(=O)c2cc(CNC)sc2Br)CC1. The highest BCUT2D eigenvalue weighted by molar-refractivity contribution is 9.11. The summed E-state index contributed by atoms with van der Waals surface area (Å²) in [4.78, 5) is 3.75. The van der Waals surface area contributed by atoms with Gasteiger partial charge < -0.3 is 10.2 Å². The lowest BCUT2D eigenvalue weighted by molar-refractivity contribution is 0.188. The van der Waals surface area contributed by atoms with Gasteiger partial charge in [0.05, 0.1) is 3.79 Å². The van der Waals surface area contributed by atoms with Gasteiger partial charge in [0.15, 0.2) is 0 Å². The maximum Gasteiger partial charge on any atom is 0.245 e. The van der Waals surface area contributed by atoms with E-state index in [1.54, 1.807) is 10.4 Å². The molecule has 0 spiro atoms. The topological polar surface area (TPSA) is 52.7 Å². The standard InChI is InChI=1S/C13H22BrN3O2S2/c1-3-4-16-5-7-17(8-6-16)21(18,19)12-9-11(10-15-2)20-13(12)14/h9,15H,3-8,10H2,1-2H3. The molecule has 0 atom stereocenters. The minimum Gasteiger partial charge on any atom is -0.315 e. The Labute approximate surface area is 139 Å². The summed E-state index contributed by atoms with van der Waals surface area (Å²) < 4.78 is 27.8. The van der Waals surface area contributed by atoms with Crippen molar-refractivity contribution in [2.45, 2.75) is 24.8 Å². The smallest absolute Gasteiger partial charge is 0.245 e. The molecule has 1 fully saturated rings. The lowest BCUT2D eigenvalue weighted by atomic mass is 10.3. The van der Waals surface area contributed by atoms with E-state index in [0.29, 0.717) is 28.3 Å². The zero-order valence-corrected chi connectivity index (χ0v) is 15.7. The quantitative estimate of drug-likeness (QED) is 0.799. The maximum absolute atomic E-state index is 12.8. The monoisotopic (exact) mass is 395 g/mol. The van der Waals surface area contributed by atoms with Gasteiger partial charge in [-0.3, -0.25) is 0 Å². The molecule has 2 rings (SSSR count). The fourth-order valence-electron chi connectivity index (χ4n) is 2.48. The molecule has 0 saturated carbocycles. The van der Waals surface area contributed by atoms with Gasteiger partial charge >= 0.3 is 0 Å². The highest BCUT2D eigenvalue weighted by Crippen LogP contribution is 2.33. The van der Waals surface area contributed by atoms with Gasteiger partial charge in [-0.2, -0.15) is 4.31 Å². The molecule has 1 aromatic rings. The highest BCUT2D eigenvalue weighted by Gasteiger charge is 2.30. The number of halogens is 1. The summed E-state index contributed by atoms with van der Waals surface area (Å²) in [5.74, 6) is 0. The van der Waals surface area contributed by atoms with E-state index in [9.17, 15) is 8.42 Å². The second-order valence-corrected chi connectivity index (χ2v) is 9.49. The largest absolute Gasteiger partial charge is 0.315 e. The van der Waals surface area contributed by atoms with Crippen molar-refractivity contribution in [3.05, 3.63) is 14.7 Å². The van der Waals surface area contributed by atoms with E-state index in [2.05, 4.69) is 33.1 Å². The van der Waals surface area contributed by atoms with Gasteiger partial charge in [-0.05, 0) is 42.0 Å². The molecule has 0 unspecified atom stereocenters. The number of nitrogens with one attached hydrogen (secondary N) is 1. The molecule has 0 amide bonds. The van der Waals surface area contributed by atoms with Gasteiger partial charge in [-0.25, -0.2) is 8.42 Å². The molecule has 21 heavy (non-hydrogen) atoms. The second kappa shape index (κ2) is 7.52. The second-order valence-electron chi connectivity index (χ2n) is 5.13. The Bertz CT molecular complexity index is 566. The summed E-state index contributed by atoms with van der Waals surface area (Å²) in [6.45, 7) is 6.66. The van der Waals surface area contributed by atoms with Crippen molar-refractivity contribution < 1.29 is 8.42 Å². The normalized spacial score (nSPS) is 18.2. The summed E-state index contributed by atoms with van der Waals surface area (Å²) in [5, 5.41) is 3.05. The Balaban J connectivity index is 2.12. The lowest BCUT2D eigenvalue weighted by Gasteiger charge is -2.33. The van der Waals surface area contributed by atoms with Gasteiger partial charge in [0.25, 0.3) is 0 Å². The van der Waals surface area contributed by atoms with Crippen LogP contribution in [0.2, 0.25) is 0 Å². The molecule has 1 aliphatic rings. The Morgan fingerprint density at radius 1 is 1.33 bits per heavy atom. The first-order chi connectivity index (χ1) is 9.98. The van der Waals surface area contributed by atoms with E-state index < -0.39 is 10.0 Å². The van der Waals surface area contributed by atoms with Crippen molar-refractivity contribution in [2.24, 2.45) is 0 Å². The van der Waals surface area contributed by atoms with E-state index >= 15 is 0 Å². The number of nitrogens with zero attached hydrogens (tertiary/aromatic N) is 2. The molecule has 1 N–H and O–H groups in total. The predicted octanol–water partition coefficient (Wildman–Crippen LogP) is 1.95. The molecule has 8 heteroatoms. The molecule has 1 saturated heterocycles. The fraction of sp³-hybridized carbons (Fsp3) is 0.692. The maximum atomic E-state index is 12.8. The number of thiophene rings is 1. The van der Waals surface area contributed by atoms with Crippen LogP contribution in [0, 0.1) is 0 Å². The van der Waals surface area contributed by atoms with Gasteiger partial charge in [0.2, 0.25) is 10.0 Å². The summed E-state index contributed by atoms with van der Waals surface area (Å²) in [6.07, 6.45) is 1.11. The van der Waals surface area contributed by atoms with Crippen molar-refractivity contribution in [3.63, 3.8) is 0 Å². The van der Waals surface area contributed by atoms with Crippen molar-refractivity contribution in [3.8, 4) is 0 Å². The van der Waals surface area contributed by atoms with Crippen molar-refractivity contribution in [2.75, 3.05) is 39.8 Å². The molecule has 0 aliphatic carbocycles.